The predicted octanol–water partition coefficient (Wildman–Crippen LogP) is 2.69. The maximum atomic E-state index is 9.97. The first-order valence-electron chi connectivity index (χ1n) is 7.14. The second-order valence-electron chi connectivity index (χ2n) is 5.84. The van der Waals surface area contributed by atoms with Gasteiger partial charge in [0.2, 0.25) is 0 Å². The van der Waals surface area contributed by atoms with Crippen molar-refractivity contribution in [2.75, 3.05) is 13.7 Å². The van der Waals surface area contributed by atoms with Crippen LogP contribution in [0.4, 0.5) is 0 Å². The van der Waals surface area contributed by atoms with Gasteiger partial charge in [0.1, 0.15) is 5.75 Å². The van der Waals surface area contributed by atoms with Crippen LogP contribution in [0.1, 0.15) is 44.6 Å². The highest BCUT2D eigenvalue weighted by Crippen LogP contribution is 2.40. The summed E-state index contributed by atoms with van der Waals surface area (Å²) in [7, 11) is 1.73. The van der Waals surface area contributed by atoms with Gasteiger partial charge in [-0.15, -0.1) is 0 Å². The van der Waals surface area contributed by atoms with Crippen LogP contribution in [-0.2, 0) is 0 Å². The van der Waals surface area contributed by atoms with E-state index in [0.29, 0.717) is 18.5 Å². The third kappa shape index (κ3) is 3.48. The SMILES string of the molecule is CCC(C)(O)CNC1CC(c2ccccc2OC)C1. The first-order chi connectivity index (χ1) is 9.05. The first-order valence-corrected chi connectivity index (χ1v) is 7.14. The van der Waals surface area contributed by atoms with E-state index in [1.807, 2.05) is 26.0 Å². The van der Waals surface area contributed by atoms with Gasteiger partial charge < -0.3 is 15.2 Å². The lowest BCUT2D eigenvalue weighted by Gasteiger charge is -2.38. The fourth-order valence-electron chi connectivity index (χ4n) is 2.53. The summed E-state index contributed by atoms with van der Waals surface area (Å²) in [6.45, 7) is 4.57. The van der Waals surface area contributed by atoms with Gasteiger partial charge in [0.25, 0.3) is 0 Å². The van der Waals surface area contributed by atoms with Crippen LogP contribution in [0.3, 0.4) is 0 Å². The fraction of sp³-hybridized carbons (Fsp3) is 0.625. The zero-order valence-electron chi connectivity index (χ0n) is 12.1. The molecule has 0 radical (unpaired) electrons. The first kappa shape index (κ1) is 14.4. The molecule has 2 rings (SSSR count). The molecular weight excluding hydrogens is 238 g/mol. The maximum Gasteiger partial charge on any atom is 0.122 e. The summed E-state index contributed by atoms with van der Waals surface area (Å²) >= 11 is 0. The molecule has 0 bridgehead atoms. The molecule has 1 aromatic rings. The van der Waals surface area contributed by atoms with Crippen molar-refractivity contribution in [3.8, 4) is 5.75 Å². The third-order valence-corrected chi connectivity index (χ3v) is 4.25. The molecule has 1 unspecified atom stereocenters. The van der Waals surface area contributed by atoms with E-state index in [9.17, 15) is 5.11 Å². The Morgan fingerprint density at radius 2 is 2.05 bits per heavy atom. The number of rotatable bonds is 6. The smallest absolute Gasteiger partial charge is 0.122 e. The third-order valence-electron chi connectivity index (χ3n) is 4.25. The van der Waals surface area contributed by atoms with Gasteiger partial charge in [-0.05, 0) is 43.7 Å². The van der Waals surface area contributed by atoms with Gasteiger partial charge in [-0.25, -0.2) is 0 Å². The zero-order chi connectivity index (χ0) is 13.9. The normalized spacial score (nSPS) is 25.5. The number of ether oxygens (including phenoxy) is 1. The van der Waals surface area contributed by atoms with E-state index in [2.05, 4.69) is 17.4 Å². The van der Waals surface area contributed by atoms with Crippen LogP contribution in [0, 0.1) is 0 Å². The largest absolute Gasteiger partial charge is 0.496 e. The van der Waals surface area contributed by atoms with Crippen molar-refractivity contribution in [2.45, 2.75) is 50.7 Å². The summed E-state index contributed by atoms with van der Waals surface area (Å²) in [5.74, 6) is 1.58. The van der Waals surface area contributed by atoms with Gasteiger partial charge >= 0.3 is 0 Å². The summed E-state index contributed by atoms with van der Waals surface area (Å²) < 4.78 is 5.41. The molecule has 1 aliphatic carbocycles. The fourth-order valence-corrected chi connectivity index (χ4v) is 2.53. The van der Waals surface area contributed by atoms with Gasteiger partial charge in [-0.2, -0.15) is 0 Å². The Bertz CT molecular complexity index is 411. The molecule has 3 heteroatoms. The standard InChI is InChI=1S/C16H25NO2/c1-4-16(2,18)11-17-13-9-12(10-13)14-7-5-6-8-15(14)19-3/h5-8,12-13,17-18H,4,9-11H2,1-3H3. The molecule has 19 heavy (non-hydrogen) atoms. The van der Waals surface area contributed by atoms with Crippen LogP contribution in [-0.4, -0.2) is 30.4 Å². The van der Waals surface area contributed by atoms with Crippen LogP contribution in [0.15, 0.2) is 24.3 Å². The van der Waals surface area contributed by atoms with Crippen molar-refractivity contribution < 1.29 is 9.84 Å². The van der Waals surface area contributed by atoms with Gasteiger partial charge in [-0.3, -0.25) is 0 Å². The molecule has 1 fully saturated rings. The number of hydrogen-bond acceptors (Lipinski definition) is 3. The van der Waals surface area contributed by atoms with Gasteiger partial charge in [-0.1, -0.05) is 25.1 Å². The minimum absolute atomic E-state index is 0.521. The highest BCUT2D eigenvalue weighted by atomic mass is 16.5. The Morgan fingerprint density at radius 1 is 1.37 bits per heavy atom. The zero-order valence-corrected chi connectivity index (χ0v) is 12.1. The van der Waals surface area contributed by atoms with Crippen molar-refractivity contribution >= 4 is 0 Å². The average Bonchev–Trinajstić information content (AvgIpc) is 2.37. The van der Waals surface area contributed by atoms with E-state index in [-0.39, 0.29) is 0 Å². The van der Waals surface area contributed by atoms with Crippen LogP contribution < -0.4 is 10.1 Å². The molecular formula is C16H25NO2. The topological polar surface area (TPSA) is 41.5 Å². The van der Waals surface area contributed by atoms with Gasteiger partial charge in [0.15, 0.2) is 0 Å². The van der Waals surface area contributed by atoms with E-state index in [0.717, 1.165) is 25.0 Å². The van der Waals surface area contributed by atoms with Crippen molar-refractivity contribution in [3.63, 3.8) is 0 Å². The molecule has 0 amide bonds. The Morgan fingerprint density at radius 3 is 2.68 bits per heavy atom. The lowest BCUT2D eigenvalue weighted by molar-refractivity contribution is 0.0482. The molecule has 2 N–H and O–H groups in total. The molecule has 1 aliphatic rings. The molecule has 0 spiro atoms. The van der Waals surface area contributed by atoms with E-state index in [1.54, 1.807) is 7.11 Å². The Labute approximate surface area is 116 Å². The Balaban J connectivity index is 1.83. The quantitative estimate of drug-likeness (QED) is 0.829. The highest BCUT2D eigenvalue weighted by molar-refractivity contribution is 5.37. The number of hydrogen-bond donors (Lipinski definition) is 2. The molecule has 0 heterocycles. The highest BCUT2D eigenvalue weighted by Gasteiger charge is 2.32. The minimum Gasteiger partial charge on any atom is -0.496 e. The number of benzene rings is 1. The van der Waals surface area contributed by atoms with Crippen molar-refractivity contribution in [1.82, 2.24) is 5.32 Å². The summed E-state index contributed by atoms with van der Waals surface area (Å²) in [5, 5.41) is 13.4. The lowest BCUT2D eigenvalue weighted by atomic mass is 9.75. The van der Waals surface area contributed by atoms with Crippen LogP contribution in [0.2, 0.25) is 0 Å². The van der Waals surface area contributed by atoms with E-state index >= 15 is 0 Å². The molecule has 106 valence electrons. The molecule has 0 saturated heterocycles. The van der Waals surface area contributed by atoms with Crippen LogP contribution >= 0.6 is 0 Å². The summed E-state index contributed by atoms with van der Waals surface area (Å²) in [6, 6.07) is 8.78. The monoisotopic (exact) mass is 263 g/mol. The van der Waals surface area contributed by atoms with Gasteiger partial charge in [0.05, 0.1) is 12.7 Å². The summed E-state index contributed by atoms with van der Waals surface area (Å²) in [4.78, 5) is 0. The second kappa shape index (κ2) is 5.93. The van der Waals surface area contributed by atoms with Gasteiger partial charge in [0, 0.05) is 12.6 Å². The Hall–Kier alpha value is -1.06. The average molecular weight is 263 g/mol. The summed E-state index contributed by atoms with van der Waals surface area (Å²) in [6.07, 6.45) is 3.03. The molecule has 3 nitrogen and oxygen atoms in total. The lowest BCUT2D eigenvalue weighted by Crippen LogP contribution is -2.47. The van der Waals surface area contributed by atoms with Crippen LogP contribution in [0.5, 0.6) is 5.75 Å². The molecule has 1 aromatic carbocycles. The predicted molar refractivity (Wildman–Crippen MR) is 77.7 cm³/mol. The number of aliphatic hydroxyl groups is 1. The second-order valence-corrected chi connectivity index (χ2v) is 5.84. The van der Waals surface area contributed by atoms with E-state index in [4.69, 9.17) is 4.74 Å². The Kier molecular flexibility index (Phi) is 4.48. The number of para-hydroxylation sites is 1. The minimum atomic E-state index is -0.588. The molecule has 1 atom stereocenters. The van der Waals surface area contributed by atoms with E-state index < -0.39 is 5.60 Å². The number of methoxy groups -OCH3 is 1. The molecule has 0 aromatic heterocycles. The summed E-state index contributed by atoms with van der Waals surface area (Å²) in [5.41, 5.74) is 0.723. The molecule has 0 aliphatic heterocycles. The van der Waals surface area contributed by atoms with Crippen molar-refractivity contribution in [3.05, 3.63) is 29.8 Å². The molecule has 1 saturated carbocycles. The van der Waals surface area contributed by atoms with Crippen molar-refractivity contribution in [2.24, 2.45) is 0 Å². The maximum absolute atomic E-state index is 9.97. The van der Waals surface area contributed by atoms with E-state index in [1.165, 1.54) is 5.56 Å². The van der Waals surface area contributed by atoms with Crippen molar-refractivity contribution in [1.29, 1.82) is 0 Å². The number of nitrogens with one attached hydrogen (secondary N) is 1. The van der Waals surface area contributed by atoms with Crippen LogP contribution in [0.25, 0.3) is 0 Å².